The lowest BCUT2D eigenvalue weighted by molar-refractivity contribution is 0.103. The second-order valence-corrected chi connectivity index (χ2v) is 7.80. The summed E-state index contributed by atoms with van der Waals surface area (Å²) in [5.41, 5.74) is 0.710. The van der Waals surface area contributed by atoms with Crippen molar-refractivity contribution < 1.29 is 4.79 Å². The number of anilines is 1. The van der Waals surface area contributed by atoms with Crippen LogP contribution in [0, 0.1) is 0 Å². The molecule has 0 spiro atoms. The first-order chi connectivity index (χ1) is 12.0. The molecule has 0 bridgehead atoms. The van der Waals surface area contributed by atoms with Crippen LogP contribution < -0.4 is 5.32 Å². The molecule has 1 aromatic heterocycles. The summed E-state index contributed by atoms with van der Waals surface area (Å²) in [6, 6.07) is 17.1. The molecular weight excluding hydrogens is 397 g/mol. The smallest absolute Gasteiger partial charge is 0.267 e. The maximum absolute atomic E-state index is 12.7. The first kappa shape index (κ1) is 16.7. The Kier molecular flexibility index (Phi) is 4.34. The van der Waals surface area contributed by atoms with E-state index in [9.17, 15) is 4.79 Å². The molecule has 4 aromatic rings. The average molecular weight is 407 g/mol. The van der Waals surface area contributed by atoms with E-state index in [0.717, 1.165) is 15.5 Å². The van der Waals surface area contributed by atoms with Crippen molar-refractivity contribution in [3.8, 4) is 0 Å². The van der Waals surface area contributed by atoms with Gasteiger partial charge in [-0.3, -0.25) is 4.79 Å². The number of hydrogen-bond acceptors (Lipinski definition) is 2. The molecule has 2 nitrogen and oxygen atoms in total. The largest absolute Gasteiger partial charge is 0.321 e. The molecule has 0 aliphatic heterocycles. The molecule has 6 heteroatoms. The predicted molar refractivity (Wildman–Crippen MR) is 109 cm³/mol. The lowest BCUT2D eigenvalue weighted by Gasteiger charge is -2.06. The van der Waals surface area contributed by atoms with E-state index in [1.54, 1.807) is 12.1 Å². The van der Waals surface area contributed by atoms with Gasteiger partial charge in [-0.2, -0.15) is 0 Å². The van der Waals surface area contributed by atoms with Gasteiger partial charge < -0.3 is 5.32 Å². The van der Waals surface area contributed by atoms with Gasteiger partial charge >= 0.3 is 0 Å². The molecule has 0 saturated heterocycles. The highest BCUT2D eigenvalue weighted by molar-refractivity contribution is 7.21. The molecule has 124 valence electrons. The second-order valence-electron chi connectivity index (χ2n) is 5.52. The van der Waals surface area contributed by atoms with Crippen LogP contribution in [0.25, 0.3) is 20.9 Å². The van der Waals surface area contributed by atoms with Crippen molar-refractivity contribution in [1.29, 1.82) is 0 Å². The number of amides is 1. The third-order valence-electron chi connectivity index (χ3n) is 3.86. The summed E-state index contributed by atoms with van der Waals surface area (Å²) in [5.74, 6) is -0.270. The number of thiophene rings is 1. The molecule has 25 heavy (non-hydrogen) atoms. The monoisotopic (exact) mass is 405 g/mol. The van der Waals surface area contributed by atoms with E-state index < -0.39 is 0 Å². The Balaban J connectivity index is 1.71. The molecule has 0 radical (unpaired) electrons. The molecule has 0 fully saturated rings. The molecule has 1 amide bonds. The molecule has 3 aromatic carbocycles. The van der Waals surface area contributed by atoms with Crippen molar-refractivity contribution in [1.82, 2.24) is 0 Å². The van der Waals surface area contributed by atoms with E-state index in [2.05, 4.69) is 5.32 Å². The Morgan fingerprint density at radius 1 is 0.920 bits per heavy atom. The summed E-state index contributed by atoms with van der Waals surface area (Å²) in [7, 11) is 0. The highest BCUT2D eigenvalue weighted by Gasteiger charge is 2.19. The summed E-state index contributed by atoms with van der Waals surface area (Å²) in [4.78, 5) is 13.1. The standard InChI is InChI=1S/C19H10Cl3NOS/c20-12-8-14(21)16-15(9-12)25-18(17(16)22)19(24)23-13-6-5-10-3-1-2-4-11(10)7-13/h1-9H,(H,23,24). The third kappa shape index (κ3) is 3.09. The fourth-order valence-electron chi connectivity index (χ4n) is 2.71. The molecule has 0 unspecified atom stereocenters. The number of fused-ring (bicyclic) bond motifs is 2. The number of hydrogen-bond donors (Lipinski definition) is 1. The van der Waals surface area contributed by atoms with Crippen molar-refractivity contribution in [2.24, 2.45) is 0 Å². The van der Waals surface area contributed by atoms with Crippen LogP contribution in [0.1, 0.15) is 9.67 Å². The van der Waals surface area contributed by atoms with Gasteiger partial charge in [0.2, 0.25) is 0 Å². The Hall–Kier alpha value is -1.78. The topological polar surface area (TPSA) is 29.1 Å². The molecule has 1 N–H and O–H groups in total. The minimum absolute atomic E-state index is 0.270. The third-order valence-corrected chi connectivity index (χ3v) is 6.01. The van der Waals surface area contributed by atoms with Crippen LogP contribution in [-0.2, 0) is 0 Å². The number of nitrogens with one attached hydrogen (secondary N) is 1. The number of benzene rings is 3. The number of carbonyl (C=O) groups excluding carboxylic acids is 1. The van der Waals surface area contributed by atoms with Gasteiger partial charge in [-0.05, 0) is 35.0 Å². The van der Waals surface area contributed by atoms with Crippen LogP contribution in [0.5, 0.6) is 0 Å². The zero-order valence-corrected chi connectivity index (χ0v) is 15.7. The minimum atomic E-state index is -0.270. The number of carbonyl (C=O) groups is 1. The van der Waals surface area contributed by atoms with E-state index in [1.165, 1.54) is 11.3 Å². The van der Waals surface area contributed by atoms with Gasteiger partial charge in [-0.1, -0.05) is 65.1 Å². The Bertz CT molecular complexity index is 1140. The van der Waals surface area contributed by atoms with Crippen molar-refractivity contribution in [3.05, 3.63) is 74.5 Å². The van der Waals surface area contributed by atoms with Crippen LogP contribution >= 0.6 is 46.1 Å². The number of halogens is 3. The maximum Gasteiger partial charge on any atom is 0.267 e. The van der Waals surface area contributed by atoms with Crippen LogP contribution in [0.4, 0.5) is 5.69 Å². The van der Waals surface area contributed by atoms with E-state index in [-0.39, 0.29) is 5.91 Å². The van der Waals surface area contributed by atoms with Crippen molar-refractivity contribution in [3.63, 3.8) is 0 Å². The first-order valence-electron chi connectivity index (χ1n) is 7.40. The molecule has 4 rings (SSSR count). The van der Waals surface area contributed by atoms with E-state index in [4.69, 9.17) is 34.8 Å². The summed E-state index contributed by atoms with van der Waals surface area (Å²) >= 11 is 19.9. The van der Waals surface area contributed by atoms with Gasteiger partial charge in [0, 0.05) is 20.8 Å². The second kappa shape index (κ2) is 6.50. The summed E-state index contributed by atoms with van der Waals surface area (Å²) in [5, 5.41) is 7.01. The molecule has 0 aliphatic carbocycles. The lowest BCUT2D eigenvalue weighted by atomic mass is 10.1. The summed E-state index contributed by atoms with van der Waals surface area (Å²) < 4.78 is 0.783. The predicted octanol–water partition coefficient (Wildman–Crippen LogP) is 7.27. The molecule has 0 saturated carbocycles. The van der Waals surface area contributed by atoms with E-state index in [1.807, 2.05) is 42.5 Å². The van der Waals surface area contributed by atoms with Crippen molar-refractivity contribution in [2.75, 3.05) is 5.32 Å². The van der Waals surface area contributed by atoms with Crippen molar-refractivity contribution >= 4 is 78.6 Å². The van der Waals surface area contributed by atoms with E-state index >= 15 is 0 Å². The Labute approximate surface area is 162 Å². The molecule has 0 atom stereocenters. The molecule has 1 heterocycles. The summed E-state index contributed by atoms with van der Waals surface area (Å²) in [6.07, 6.45) is 0. The van der Waals surface area contributed by atoms with Crippen LogP contribution in [-0.4, -0.2) is 5.91 Å². The first-order valence-corrected chi connectivity index (χ1v) is 9.35. The normalized spacial score (nSPS) is 11.2. The quantitative estimate of drug-likeness (QED) is 0.372. The SMILES string of the molecule is O=C(Nc1ccc2ccccc2c1)c1sc2cc(Cl)cc(Cl)c2c1Cl. The van der Waals surface area contributed by atoms with Crippen LogP contribution in [0.2, 0.25) is 15.1 Å². The average Bonchev–Trinajstić information content (AvgIpc) is 2.91. The zero-order valence-electron chi connectivity index (χ0n) is 12.6. The maximum atomic E-state index is 12.7. The Morgan fingerprint density at radius 2 is 1.68 bits per heavy atom. The highest BCUT2D eigenvalue weighted by Crippen LogP contribution is 2.41. The van der Waals surface area contributed by atoms with Gasteiger partial charge in [0.15, 0.2) is 0 Å². The lowest BCUT2D eigenvalue weighted by Crippen LogP contribution is -2.10. The van der Waals surface area contributed by atoms with Gasteiger partial charge in [-0.15, -0.1) is 11.3 Å². The van der Waals surface area contributed by atoms with E-state index in [0.29, 0.717) is 31.0 Å². The van der Waals surface area contributed by atoms with Crippen LogP contribution in [0.15, 0.2) is 54.6 Å². The summed E-state index contributed by atoms with van der Waals surface area (Å²) in [6.45, 7) is 0. The van der Waals surface area contributed by atoms with Crippen LogP contribution in [0.3, 0.4) is 0 Å². The van der Waals surface area contributed by atoms with Gasteiger partial charge in [0.05, 0.1) is 10.0 Å². The molecular formula is C19H10Cl3NOS. The fourth-order valence-corrected chi connectivity index (χ4v) is 4.99. The fraction of sp³-hybridized carbons (Fsp3) is 0. The van der Waals surface area contributed by atoms with Crippen molar-refractivity contribution in [2.45, 2.75) is 0 Å². The van der Waals surface area contributed by atoms with Gasteiger partial charge in [-0.25, -0.2) is 0 Å². The highest BCUT2D eigenvalue weighted by atomic mass is 35.5. The zero-order chi connectivity index (χ0) is 17.6. The number of rotatable bonds is 2. The van der Waals surface area contributed by atoms with Gasteiger partial charge in [0.1, 0.15) is 4.88 Å². The Morgan fingerprint density at radius 3 is 2.48 bits per heavy atom. The van der Waals surface area contributed by atoms with Gasteiger partial charge in [0.25, 0.3) is 5.91 Å². The molecule has 0 aliphatic rings. The minimum Gasteiger partial charge on any atom is -0.321 e.